The molecule has 0 aliphatic carbocycles. The van der Waals surface area contributed by atoms with E-state index < -0.39 is 17.9 Å². The van der Waals surface area contributed by atoms with E-state index in [4.69, 9.17) is 5.73 Å². The molecule has 3 amide bonds. The molecule has 0 spiro atoms. The van der Waals surface area contributed by atoms with E-state index in [1.165, 1.54) is 25.3 Å². The predicted molar refractivity (Wildman–Crippen MR) is 112 cm³/mol. The SMILES string of the molecule is COC(=O)c1ccc(NC(=O)[C@H](CCCNC(N)=O)CC(=O)[C@@H](C)C(C)C)cc1O. The Hall–Kier alpha value is -3.10. The van der Waals surface area contributed by atoms with Gasteiger partial charge in [0.05, 0.1) is 7.11 Å². The van der Waals surface area contributed by atoms with Crippen molar-refractivity contribution in [2.24, 2.45) is 23.5 Å². The first-order chi connectivity index (χ1) is 14.1. The Labute approximate surface area is 176 Å². The van der Waals surface area contributed by atoms with Gasteiger partial charge in [-0.25, -0.2) is 9.59 Å². The standard InChI is InChI=1S/C21H31N3O6/c1-12(2)13(3)17(25)10-14(6-5-9-23-21(22)29)19(27)24-15-7-8-16(18(26)11-15)20(28)30-4/h7-8,11-14,26H,5-6,9-10H2,1-4H3,(H,24,27)(H3,22,23,29)/t13-,14+/m0/s1. The number of Topliss-reactive ketones (excluding diaryl/α,β-unsaturated/α-hetero) is 1. The fraction of sp³-hybridized carbons (Fsp3) is 0.524. The number of nitrogens with one attached hydrogen (secondary N) is 2. The van der Waals surface area contributed by atoms with Gasteiger partial charge in [0.2, 0.25) is 5.91 Å². The Bertz CT molecular complexity index is 778. The van der Waals surface area contributed by atoms with E-state index in [-0.39, 0.29) is 46.9 Å². The molecule has 9 nitrogen and oxygen atoms in total. The molecule has 0 bridgehead atoms. The van der Waals surface area contributed by atoms with Gasteiger partial charge in [0.25, 0.3) is 0 Å². The number of methoxy groups -OCH3 is 1. The van der Waals surface area contributed by atoms with Crippen LogP contribution < -0.4 is 16.4 Å². The van der Waals surface area contributed by atoms with Crippen molar-refractivity contribution in [2.75, 3.05) is 19.0 Å². The number of carbonyl (C=O) groups is 4. The third-order valence-corrected chi connectivity index (χ3v) is 5.03. The van der Waals surface area contributed by atoms with Crippen molar-refractivity contribution >= 4 is 29.4 Å². The average molecular weight is 421 g/mol. The van der Waals surface area contributed by atoms with Crippen molar-refractivity contribution in [2.45, 2.75) is 40.0 Å². The molecule has 0 fully saturated rings. The highest BCUT2D eigenvalue weighted by Crippen LogP contribution is 2.25. The molecule has 1 aromatic carbocycles. The Morgan fingerprint density at radius 1 is 1.17 bits per heavy atom. The van der Waals surface area contributed by atoms with Crippen LogP contribution in [0.4, 0.5) is 10.5 Å². The molecule has 2 atom stereocenters. The van der Waals surface area contributed by atoms with Crippen LogP contribution in [-0.4, -0.2) is 42.5 Å². The number of phenols is 1. The predicted octanol–water partition coefficient (Wildman–Crippen LogP) is 2.43. The van der Waals surface area contributed by atoms with E-state index in [2.05, 4.69) is 15.4 Å². The summed E-state index contributed by atoms with van der Waals surface area (Å²) in [5.74, 6) is -2.07. The maximum absolute atomic E-state index is 12.8. The molecule has 0 aliphatic heterocycles. The number of nitrogens with two attached hydrogens (primary N) is 1. The number of hydrogen-bond donors (Lipinski definition) is 4. The molecule has 5 N–H and O–H groups in total. The average Bonchev–Trinajstić information content (AvgIpc) is 2.68. The highest BCUT2D eigenvalue weighted by molar-refractivity contribution is 5.97. The topological polar surface area (TPSA) is 148 Å². The van der Waals surface area contributed by atoms with Crippen LogP contribution in [-0.2, 0) is 14.3 Å². The first-order valence-electron chi connectivity index (χ1n) is 9.85. The minimum Gasteiger partial charge on any atom is -0.507 e. The number of rotatable bonds is 11. The number of urea groups is 1. The lowest BCUT2D eigenvalue weighted by molar-refractivity contribution is -0.129. The summed E-state index contributed by atoms with van der Waals surface area (Å²) in [6.07, 6.45) is 0.903. The molecule has 1 rings (SSSR count). The Kier molecular flexibility index (Phi) is 9.80. The van der Waals surface area contributed by atoms with Crippen molar-refractivity contribution < 1.29 is 29.0 Å². The maximum atomic E-state index is 12.8. The van der Waals surface area contributed by atoms with Crippen LogP contribution in [0.25, 0.3) is 0 Å². The normalized spacial score (nSPS) is 12.7. The van der Waals surface area contributed by atoms with E-state index in [1.54, 1.807) is 0 Å². The third kappa shape index (κ3) is 7.73. The minimum atomic E-state index is -0.696. The smallest absolute Gasteiger partial charge is 0.341 e. The molecule has 0 unspecified atom stereocenters. The molecular formula is C21H31N3O6. The van der Waals surface area contributed by atoms with Crippen molar-refractivity contribution in [3.8, 4) is 5.75 Å². The molecule has 1 aromatic rings. The first kappa shape index (κ1) is 24.9. The zero-order valence-corrected chi connectivity index (χ0v) is 17.9. The van der Waals surface area contributed by atoms with Crippen LogP contribution in [0.15, 0.2) is 18.2 Å². The zero-order valence-electron chi connectivity index (χ0n) is 17.9. The van der Waals surface area contributed by atoms with Crippen LogP contribution in [0, 0.1) is 17.8 Å². The number of ketones is 1. The lowest BCUT2D eigenvalue weighted by atomic mass is 9.86. The van der Waals surface area contributed by atoms with Crippen LogP contribution in [0.2, 0.25) is 0 Å². The first-order valence-corrected chi connectivity index (χ1v) is 9.85. The highest BCUT2D eigenvalue weighted by atomic mass is 16.5. The van der Waals surface area contributed by atoms with Gasteiger partial charge in [0.1, 0.15) is 17.1 Å². The Morgan fingerprint density at radius 2 is 1.83 bits per heavy atom. The number of amides is 3. The Morgan fingerprint density at radius 3 is 2.37 bits per heavy atom. The second kappa shape index (κ2) is 11.8. The van der Waals surface area contributed by atoms with Crippen molar-refractivity contribution in [1.29, 1.82) is 0 Å². The number of aromatic hydroxyl groups is 1. The third-order valence-electron chi connectivity index (χ3n) is 5.03. The fourth-order valence-electron chi connectivity index (χ4n) is 2.82. The Balaban J connectivity index is 2.89. The zero-order chi connectivity index (χ0) is 22.8. The van der Waals surface area contributed by atoms with Gasteiger partial charge in [-0.2, -0.15) is 0 Å². The van der Waals surface area contributed by atoms with Gasteiger partial charge in [-0.15, -0.1) is 0 Å². The number of ether oxygens (including phenoxy) is 1. The molecule has 0 saturated heterocycles. The number of phenolic OH excluding ortho intramolecular Hbond substituents is 1. The van der Waals surface area contributed by atoms with Gasteiger partial charge in [0, 0.05) is 36.6 Å². The van der Waals surface area contributed by atoms with E-state index in [1.807, 2.05) is 20.8 Å². The van der Waals surface area contributed by atoms with Crippen molar-refractivity contribution in [3.05, 3.63) is 23.8 Å². The molecule has 0 saturated carbocycles. The van der Waals surface area contributed by atoms with Gasteiger partial charge in [-0.3, -0.25) is 9.59 Å². The van der Waals surface area contributed by atoms with E-state index in [9.17, 15) is 24.3 Å². The van der Waals surface area contributed by atoms with Gasteiger partial charge < -0.3 is 26.2 Å². The quantitative estimate of drug-likeness (QED) is 0.319. The van der Waals surface area contributed by atoms with Crippen LogP contribution in [0.3, 0.4) is 0 Å². The molecule has 0 aliphatic rings. The summed E-state index contributed by atoms with van der Waals surface area (Å²) in [6.45, 7) is 6.02. The summed E-state index contributed by atoms with van der Waals surface area (Å²) >= 11 is 0. The van der Waals surface area contributed by atoms with Crippen molar-refractivity contribution in [3.63, 3.8) is 0 Å². The number of benzene rings is 1. The van der Waals surface area contributed by atoms with Crippen molar-refractivity contribution in [1.82, 2.24) is 5.32 Å². The fourth-order valence-corrected chi connectivity index (χ4v) is 2.82. The summed E-state index contributed by atoms with van der Waals surface area (Å²) in [5, 5.41) is 15.1. The molecule has 0 radical (unpaired) electrons. The van der Waals surface area contributed by atoms with Gasteiger partial charge in [0.15, 0.2) is 0 Å². The van der Waals surface area contributed by atoms with Gasteiger partial charge >= 0.3 is 12.0 Å². The maximum Gasteiger partial charge on any atom is 0.341 e. The number of anilines is 1. The molecule has 166 valence electrons. The van der Waals surface area contributed by atoms with E-state index in [0.29, 0.717) is 19.4 Å². The molecule has 0 heterocycles. The number of carbonyl (C=O) groups excluding carboxylic acids is 4. The summed E-state index contributed by atoms with van der Waals surface area (Å²) in [7, 11) is 1.20. The minimum absolute atomic E-state index is 0.0168. The lowest BCUT2D eigenvalue weighted by Gasteiger charge is -2.20. The second-order valence-corrected chi connectivity index (χ2v) is 7.55. The summed E-state index contributed by atoms with van der Waals surface area (Å²) in [5.41, 5.74) is 5.31. The van der Waals surface area contributed by atoms with Gasteiger partial charge in [-0.1, -0.05) is 20.8 Å². The monoisotopic (exact) mass is 421 g/mol. The molecule has 9 heteroatoms. The van der Waals surface area contributed by atoms with Gasteiger partial charge in [-0.05, 0) is 30.9 Å². The highest BCUT2D eigenvalue weighted by Gasteiger charge is 2.26. The summed E-state index contributed by atoms with van der Waals surface area (Å²) in [6, 6.07) is 3.40. The number of primary amides is 1. The lowest BCUT2D eigenvalue weighted by Crippen LogP contribution is -2.32. The number of hydrogen-bond acceptors (Lipinski definition) is 6. The largest absolute Gasteiger partial charge is 0.507 e. The van der Waals surface area contributed by atoms with Crippen LogP contribution >= 0.6 is 0 Å². The van der Waals surface area contributed by atoms with E-state index >= 15 is 0 Å². The second-order valence-electron chi connectivity index (χ2n) is 7.55. The van der Waals surface area contributed by atoms with E-state index in [0.717, 1.165) is 0 Å². The number of esters is 1. The summed E-state index contributed by atoms with van der Waals surface area (Å²) in [4.78, 5) is 47.7. The van der Waals surface area contributed by atoms with Crippen LogP contribution in [0.1, 0.15) is 50.4 Å². The summed E-state index contributed by atoms with van der Waals surface area (Å²) < 4.78 is 4.57. The molecular weight excluding hydrogens is 390 g/mol. The molecule has 0 aromatic heterocycles. The molecule has 30 heavy (non-hydrogen) atoms. The van der Waals surface area contributed by atoms with Crippen LogP contribution in [0.5, 0.6) is 5.75 Å².